The number of rotatable bonds is 7. The van der Waals surface area contributed by atoms with Crippen molar-refractivity contribution in [2.45, 2.75) is 57.4 Å². The summed E-state index contributed by atoms with van der Waals surface area (Å²) in [4.78, 5) is 14.7. The Hall–Kier alpha value is -1.66. The molecule has 0 N–H and O–H groups in total. The average molecular weight is 379 g/mol. The number of carbonyl (C=O) groups excluding carboxylic acids is 1. The predicted octanol–water partition coefficient (Wildman–Crippen LogP) is 3.52. The summed E-state index contributed by atoms with van der Waals surface area (Å²) in [5, 5.41) is 0. The number of benzene rings is 1. The largest absolute Gasteiger partial charge is 0.336 e. The second-order valence-corrected chi connectivity index (χ2v) is 8.52. The summed E-state index contributed by atoms with van der Waals surface area (Å²) < 4.78 is 26.4. The molecule has 1 amide bonds. The van der Waals surface area contributed by atoms with E-state index in [-0.39, 0.29) is 10.8 Å². The second kappa shape index (κ2) is 9.33. The lowest BCUT2D eigenvalue weighted by atomic mass is 10.00. The first-order chi connectivity index (χ1) is 12.4. The third kappa shape index (κ3) is 4.74. The van der Waals surface area contributed by atoms with Gasteiger partial charge in [-0.15, -0.1) is 0 Å². The van der Waals surface area contributed by atoms with Crippen LogP contribution in [0.15, 0.2) is 35.2 Å². The number of hydrogen-bond acceptors (Lipinski definition) is 3. The van der Waals surface area contributed by atoms with Gasteiger partial charge in [0.15, 0.2) is 0 Å². The van der Waals surface area contributed by atoms with Gasteiger partial charge in [0, 0.05) is 31.8 Å². The number of likely N-dealkylation sites (tertiary alicyclic amines) is 1. The molecule has 1 saturated heterocycles. The molecule has 144 valence electrons. The molecule has 0 spiro atoms. The van der Waals surface area contributed by atoms with E-state index in [9.17, 15) is 13.2 Å². The van der Waals surface area contributed by atoms with E-state index in [1.807, 2.05) is 18.7 Å². The molecule has 0 aromatic heterocycles. The topological polar surface area (TPSA) is 57.7 Å². The average Bonchev–Trinajstić information content (AvgIpc) is 2.67. The highest BCUT2D eigenvalue weighted by atomic mass is 32.2. The van der Waals surface area contributed by atoms with Crippen molar-refractivity contribution in [1.29, 1.82) is 0 Å². The summed E-state index contributed by atoms with van der Waals surface area (Å²) in [7, 11) is -3.44. The van der Waals surface area contributed by atoms with E-state index in [2.05, 4.69) is 6.92 Å². The van der Waals surface area contributed by atoms with Crippen molar-refractivity contribution in [3.8, 4) is 0 Å². The van der Waals surface area contributed by atoms with Crippen LogP contribution in [0.4, 0.5) is 0 Å². The maximum Gasteiger partial charge on any atom is 0.246 e. The van der Waals surface area contributed by atoms with Crippen molar-refractivity contribution >= 4 is 22.0 Å². The molecule has 2 rings (SSSR count). The Morgan fingerprint density at radius 2 is 1.81 bits per heavy atom. The van der Waals surface area contributed by atoms with Crippen LogP contribution in [0.3, 0.4) is 0 Å². The number of carbonyl (C=O) groups is 1. The van der Waals surface area contributed by atoms with E-state index in [0.717, 1.165) is 31.4 Å². The van der Waals surface area contributed by atoms with Crippen LogP contribution in [0.5, 0.6) is 0 Å². The van der Waals surface area contributed by atoms with Gasteiger partial charge in [0.25, 0.3) is 0 Å². The fourth-order valence-corrected chi connectivity index (χ4v) is 4.90. The lowest BCUT2D eigenvalue weighted by Gasteiger charge is -2.34. The number of sulfonamides is 1. The number of nitrogens with zero attached hydrogens (tertiary/aromatic N) is 2. The van der Waals surface area contributed by atoms with E-state index in [0.29, 0.717) is 19.1 Å². The maximum atomic E-state index is 12.5. The third-order valence-electron chi connectivity index (χ3n) is 5.02. The summed E-state index contributed by atoms with van der Waals surface area (Å²) in [5.41, 5.74) is 0.821. The van der Waals surface area contributed by atoms with Crippen LogP contribution in [-0.2, 0) is 14.8 Å². The van der Waals surface area contributed by atoms with Gasteiger partial charge in [-0.05, 0) is 49.5 Å². The van der Waals surface area contributed by atoms with Gasteiger partial charge in [-0.1, -0.05) is 32.9 Å². The molecule has 1 aromatic rings. The summed E-state index contributed by atoms with van der Waals surface area (Å²) in [6.45, 7) is 7.49. The van der Waals surface area contributed by atoms with Gasteiger partial charge >= 0.3 is 0 Å². The summed E-state index contributed by atoms with van der Waals surface area (Å²) in [6, 6.07) is 7.03. The van der Waals surface area contributed by atoms with Crippen molar-refractivity contribution in [2.24, 2.45) is 0 Å². The maximum absolute atomic E-state index is 12.5. The highest BCUT2D eigenvalue weighted by Gasteiger charge is 2.24. The molecule has 1 atom stereocenters. The second-order valence-electron chi connectivity index (χ2n) is 6.58. The molecule has 0 radical (unpaired) electrons. The van der Waals surface area contributed by atoms with Crippen LogP contribution in [0, 0.1) is 0 Å². The zero-order valence-corrected chi connectivity index (χ0v) is 16.8. The minimum atomic E-state index is -3.44. The molecular formula is C20H30N2O3S. The Bertz CT molecular complexity index is 722. The Labute approximate surface area is 157 Å². The van der Waals surface area contributed by atoms with Crippen molar-refractivity contribution < 1.29 is 13.2 Å². The summed E-state index contributed by atoms with van der Waals surface area (Å²) in [5.74, 6) is 0.0383. The Kier molecular flexibility index (Phi) is 7.41. The molecule has 26 heavy (non-hydrogen) atoms. The monoisotopic (exact) mass is 378 g/mol. The Morgan fingerprint density at radius 1 is 1.15 bits per heavy atom. The number of amides is 1. The van der Waals surface area contributed by atoms with Gasteiger partial charge in [-0.2, -0.15) is 4.31 Å². The first-order valence-corrected chi connectivity index (χ1v) is 11.0. The first-order valence-electron chi connectivity index (χ1n) is 9.52. The Balaban J connectivity index is 2.09. The van der Waals surface area contributed by atoms with Crippen LogP contribution < -0.4 is 0 Å². The van der Waals surface area contributed by atoms with Crippen LogP contribution >= 0.6 is 0 Å². The zero-order chi connectivity index (χ0) is 19.2. The zero-order valence-electron chi connectivity index (χ0n) is 16.0. The minimum Gasteiger partial charge on any atom is -0.336 e. The van der Waals surface area contributed by atoms with Crippen LogP contribution in [0.2, 0.25) is 0 Å². The van der Waals surface area contributed by atoms with Gasteiger partial charge in [0.1, 0.15) is 0 Å². The van der Waals surface area contributed by atoms with Crippen molar-refractivity contribution in [1.82, 2.24) is 9.21 Å². The van der Waals surface area contributed by atoms with Gasteiger partial charge in [-0.25, -0.2) is 8.42 Å². The fourth-order valence-electron chi connectivity index (χ4n) is 3.44. The SMILES string of the molecule is CCC1CCCCN1C(=O)/C=C/c1ccc(S(=O)(=O)N(CC)CC)cc1. The van der Waals surface area contributed by atoms with Crippen LogP contribution in [0.25, 0.3) is 6.08 Å². The molecule has 1 heterocycles. The normalized spacial score (nSPS) is 18.6. The molecule has 0 aliphatic carbocycles. The van der Waals surface area contributed by atoms with E-state index in [4.69, 9.17) is 0 Å². The number of hydrogen-bond donors (Lipinski definition) is 0. The van der Waals surface area contributed by atoms with E-state index in [1.54, 1.807) is 36.4 Å². The molecule has 1 aromatic carbocycles. The minimum absolute atomic E-state index is 0.0383. The van der Waals surface area contributed by atoms with Crippen LogP contribution in [-0.4, -0.2) is 49.2 Å². The first kappa shape index (κ1) is 20.6. The number of piperidine rings is 1. The van der Waals surface area contributed by atoms with E-state index < -0.39 is 10.0 Å². The molecule has 1 unspecified atom stereocenters. The molecule has 6 heteroatoms. The lowest BCUT2D eigenvalue weighted by molar-refractivity contribution is -0.129. The van der Waals surface area contributed by atoms with Gasteiger partial charge in [0.05, 0.1) is 4.90 Å². The molecule has 0 bridgehead atoms. The molecule has 1 fully saturated rings. The van der Waals surface area contributed by atoms with Gasteiger partial charge in [-0.3, -0.25) is 4.79 Å². The molecule has 5 nitrogen and oxygen atoms in total. The van der Waals surface area contributed by atoms with Crippen molar-refractivity contribution in [3.05, 3.63) is 35.9 Å². The smallest absolute Gasteiger partial charge is 0.246 e. The van der Waals surface area contributed by atoms with Gasteiger partial charge < -0.3 is 4.90 Å². The lowest BCUT2D eigenvalue weighted by Crippen LogP contribution is -2.42. The molecule has 1 aliphatic rings. The van der Waals surface area contributed by atoms with E-state index in [1.165, 1.54) is 10.7 Å². The summed E-state index contributed by atoms with van der Waals surface area (Å²) >= 11 is 0. The summed E-state index contributed by atoms with van der Waals surface area (Å²) in [6.07, 6.45) is 7.67. The standard InChI is InChI=1S/C20H30N2O3S/c1-4-18-9-7-8-16-22(18)20(23)15-12-17-10-13-19(14-11-17)26(24,25)21(5-2)6-3/h10-15,18H,4-9,16H2,1-3H3/b15-12+. The fraction of sp³-hybridized carbons (Fsp3) is 0.550. The molecular weight excluding hydrogens is 348 g/mol. The molecule has 1 aliphatic heterocycles. The van der Waals surface area contributed by atoms with Crippen molar-refractivity contribution in [3.63, 3.8) is 0 Å². The Morgan fingerprint density at radius 3 is 2.38 bits per heavy atom. The third-order valence-corrected chi connectivity index (χ3v) is 7.09. The highest BCUT2D eigenvalue weighted by Crippen LogP contribution is 2.20. The van der Waals surface area contributed by atoms with Crippen LogP contribution in [0.1, 0.15) is 52.0 Å². The van der Waals surface area contributed by atoms with Gasteiger partial charge in [0.2, 0.25) is 15.9 Å². The predicted molar refractivity (Wildman–Crippen MR) is 105 cm³/mol. The van der Waals surface area contributed by atoms with E-state index >= 15 is 0 Å². The highest BCUT2D eigenvalue weighted by molar-refractivity contribution is 7.89. The van der Waals surface area contributed by atoms with Crippen molar-refractivity contribution in [2.75, 3.05) is 19.6 Å². The quantitative estimate of drug-likeness (QED) is 0.682. The molecule has 0 saturated carbocycles.